The topological polar surface area (TPSA) is 50.7 Å². The Hall–Kier alpha value is -2.04. The molecule has 0 unspecified atom stereocenters. The molecule has 0 saturated heterocycles. The van der Waals surface area contributed by atoms with Gasteiger partial charge < -0.3 is 5.32 Å². The predicted molar refractivity (Wildman–Crippen MR) is 62.9 cm³/mol. The summed E-state index contributed by atoms with van der Waals surface area (Å²) in [7, 11) is 0. The Morgan fingerprint density at radius 3 is 2.94 bits per heavy atom. The van der Waals surface area contributed by atoms with Gasteiger partial charge in [0.15, 0.2) is 0 Å². The molecule has 0 bridgehead atoms. The summed E-state index contributed by atoms with van der Waals surface area (Å²) in [5, 5.41) is 3.02. The Kier molecular flexibility index (Phi) is 3.59. The van der Waals surface area contributed by atoms with Gasteiger partial charge in [-0.1, -0.05) is 13.0 Å². The van der Waals surface area contributed by atoms with Crippen molar-refractivity contribution in [2.45, 2.75) is 19.9 Å². The van der Waals surface area contributed by atoms with Gasteiger partial charge in [0.2, 0.25) is 5.95 Å². The molecule has 0 saturated carbocycles. The highest BCUT2D eigenvalue weighted by molar-refractivity contribution is 5.34. The average molecular weight is 232 g/mol. The summed E-state index contributed by atoms with van der Waals surface area (Å²) in [4.78, 5) is 11.6. The maximum Gasteiger partial charge on any atom is 0.217 e. The molecule has 17 heavy (non-hydrogen) atoms. The molecule has 5 heteroatoms. The molecule has 0 atom stereocenters. The second kappa shape index (κ2) is 5.34. The van der Waals surface area contributed by atoms with Gasteiger partial charge in [-0.3, -0.25) is 4.98 Å². The van der Waals surface area contributed by atoms with Crippen LogP contribution in [0, 0.1) is 5.95 Å². The van der Waals surface area contributed by atoms with E-state index in [0.717, 1.165) is 12.1 Å². The summed E-state index contributed by atoms with van der Waals surface area (Å²) in [5.74, 6) is -0.0792. The number of hydrogen-bond donors (Lipinski definition) is 1. The Labute approximate surface area is 99.0 Å². The molecule has 0 fully saturated rings. The van der Waals surface area contributed by atoms with Gasteiger partial charge in [-0.05, 0) is 18.1 Å². The lowest BCUT2D eigenvalue weighted by Crippen LogP contribution is -2.06. The van der Waals surface area contributed by atoms with Crippen LogP contribution in [0.15, 0.2) is 30.7 Å². The number of nitrogens with zero attached hydrogens (tertiary/aromatic N) is 3. The van der Waals surface area contributed by atoms with Gasteiger partial charge in [-0.15, -0.1) is 0 Å². The highest BCUT2D eigenvalue weighted by atomic mass is 19.1. The number of aryl methyl sites for hydroxylation is 1. The first-order valence-corrected chi connectivity index (χ1v) is 5.43. The van der Waals surface area contributed by atoms with E-state index < -0.39 is 5.95 Å². The van der Waals surface area contributed by atoms with Gasteiger partial charge >= 0.3 is 0 Å². The molecule has 2 rings (SSSR count). The molecule has 2 aromatic heterocycles. The zero-order valence-electron chi connectivity index (χ0n) is 9.52. The molecule has 1 N–H and O–H groups in total. The van der Waals surface area contributed by atoms with Gasteiger partial charge in [0, 0.05) is 12.3 Å². The first-order chi connectivity index (χ1) is 8.29. The van der Waals surface area contributed by atoms with E-state index in [9.17, 15) is 4.39 Å². The maximum absolute atomic E-state index is 12.8. The van der Waals surface area contributed by atoms with Crippen LogP contribution in [0.3, 0.4) is 0 Å². The van der Waals surface area contributed by atoms with E-state index in [-0.39, 0.29) is 0 Å². The van der Waals surface area contributed by atoms with E-state index in [0.29, 0.717) is 12.4 Å². The van der Waals surface area contributed by atoms with Crippen LogP contribution in [-0.2, 0) is 13.0 Å². The highest BCUT2D eigenvalue weighted by Crippen LogP contribution is 2.09. The summed E-state index contributed by atoms with van der Waals surface area (Å²) in [6.07, 6.45) is 3.86. The standard InChI is InChI=1S/C12H13FN4/c1-2-9-4-3-5-14-10(9)7-15-12-6-11(13)16-8-17-12/h3-6,8H,2,7H2,1H3,(H,15,16,17). The molecule has 0 aromatic carbocycles. The highest BCUT2D eigenvalue weighted by Gasteiger charge is 2.02. The minimum absolute atomic E-state index is 0.463. The van der Waals surface area contributed by atoms with Crippen molar-refractivity contribution in [2.24, 2.45) is 0 Å². The van der Waals surface area contributed by atoms with E-state index >= 15 is 0 Å². The molecule has 4 nitrogen and oxygen atoms in total. The molecule has 0 aliphatic rings. The van der Waals surface area contributed by atoms with E-state index in [1.807, 2.05) is 12.1 Å². The van der Waals surface area contributed by atoms with Crippen LogP contribution < -0.4 is 5.32 Å². The third-order valence-electron chi connectivity index (χ3n) is 2.44. The van der Waals surface area contributed by atoms with Gasteiger partial charge in [0.05, 0.1) is 12.2 Å². The van der Waals surface area contributed by atoms with E-state index in [4.69, 9.17) is 0 Å². The molecule has 0 amide bonds. The number of halogens is 1. The third-order valence-corrected chi connectivity index (χ3v) is 2.44. The fraction of sp³-hybridized carbons (Fsp3) is 0.250. The van der Waals surface area contributed by atoms with Crippen LogP contribution in [0.4, 0.5) is 10.2 Å². The number of aromatic nitrogens is 3. The minimum atomic E-state index is -0.542. The van der Waals surface area contributed by atoms with Gasteiger partial charge in [-0.2, -0.15) is 4.39 Å². The second-order valence-corrected chi connectivity index (χ2v) is 3.54. The molecule has 0 radical (unpaired) electrons. The summed E-state index contributed by atoms with van der Waals surface area (Å²) in [5.41, 5.74) is 2.13. The zero-order chi connectivity index (χ0) is 12.1. The van der Waals surface area contributed by atoms with Crippen LogP contribution in [0.2, 0.25) is 0 Å². The van der Waals surface area contributed by atoms with Crippen molar-refractivity contribution in [3.8, 4) is 0 Å². The Morgan fingerprint density at radius 1 is 1.29 bits per heavy atom. The van der Waals surface area contributed by atoms with Gasteiger partial charge in [-0.25, -0.2) is 9.97 Å². The molecule has 2 aromatic rings. The van der Waals surface area contributed by atoms with E-state index in [1.54, 1.807) is 6.20 Å². The van der Waals surface area contributed by atoms with Crippen LogP contribution in [0.5, 0.6) is 0 Å². The van der Waals surface area contributed by atoms with Gasteiger partial charge in [0.25, 0.3) is 0 Å². The van der Waals surface area contributed by atoms with E-state index in [1.165, 1.54) is 18.0 Å². The lowest BCUT2D eigenvalue weighted by atomic mass is 10.1. The largest absolute Gasteiger partial charge is 0.364 e. The molecular weight excluding hydrogens is 219 g/mol. The SMILES string of the molecule is CCc1cccnc1CNc1cc(F)ncn1. The predicted octanol–water partition coefficient (Wildman–Crippen LogP) is 2.19. The van der Waals surface area contributed by atoms with Crippen molar-refractivity contribution in [1.82, 2.24) is 15.0 Å². The first-order valence-electron chi connectivity index (χ1n) is 5.43. The lowest BCUT2D eigenvalue weighted by molar-refractivity contribution is 0.580. The minimum Gasteiger partial charge on any atom is -0.364 e. The van der Waals surface area contributed by atoms with Crippen molar-refractivity contribution >= 4 is 5.82 Å². The van der Waals surface area contributed by atoms with Crippen molar-refractivity contribution in [3.63, 3.8) is 0 Å². The number of pyridine rings is 1. The molecule has 2 heterocycles. The second-order valence-electron chi connectivity index (χ2n) is 3.54. The Balaban J connectivity index is 2.07. The summed E-state index contributed by atoms with van der Waals surface area (Å²) >= 11 is 0. The zero-order valence-corrected chi connectivity index (χ0v) is 9.52. The van der Waals surface area contributed by atoms with Crippen molar-refractivity contribution < 1.29 is 4.39 Å². The summed E-state index contributed by atoms with van der Waals surface area (Å²) in [6, 6.07) is 5.20. The number of nitrogens with one attached hydrogen (secondary N) is 1. The monoisotopic (exact) mass is 232 g/mol. The van der Waals surface area contributed by atoms with Crippen molar-refractivity contribution in [2.75, 3.05) is 5.32 Å². The molecule has 0 spiro atoms. The third kappa shape index (κ3) is 2.96. The summed E-state index contributed by atoms with van der Waals surface area (Å²) < 4.78 is 12.8. The maximum atomic E-state index is 12.8. The van der Waals surface area contributed by atoms with E-state index in [2.05, 4.69) is 27.2 Å². The Bertz CT molecular complexity index is 501. The molecule has 0 aliphatic carbocycles. The average Bonchev–Trinajstić information content (AvgIpc) is 2.37. The lowest BCUT2D eigenvalue weighted by Gasteiger charge is -2.08. The normalized spacial score (nSPS) is 10.2. The van der Waals surface area contributed by atoms with Crippen LogP contribution >= 0.6 is 0 Å². The number of rotatable bonds is 4. The number of anilines is 1. The molecule has 0 aliphatic heterocycles. The van der Waals surface area contributed by atoms with Crippen LogP contribution in [0.1, 0.15) is 18.2 Å². The smallest absolute Gasteiger partial charge is 0.217 e. The summed E-state index contributed by atoms with van der Waals surface area (Å²) in [6.45, 7) is 2.60. The number of hydrogen-bond acceptors (Lipinski definition) is 4. The fourth-order valence-corrected chi connectivity index (χ4v) is 1.56. The molecule has 88 valence electrons. The fourth-order valence-electron chi connectivity index (χ4n) is 1.56. The quantitative estimate of drug-likeness (QED) is 0.821. The Morgan fingerprint density at radius 2 is 2.18 bits per heavy atom. The van der Waals surface area contributed by atoms with Crippen LogP contribution in [-0.4, -0.2) is 15.0 Å². The van der Waals surface area contributed by atoms with Crippen LogP contribution in [0.25, 0.3) is 0 Å². The molecular formula is C12H13FN4. The van der Waals surface area contributed by atoms with Crippen molar-refractivity contribution in [3.05, 3.63) is 47.9 Å². The van der Waals surface area contributed by atoms with Gasteiger partial charge in [0.1, 0.15) is 12.1 Å². The van der Waals surface area contributed by atoms with Crippen molar-refractivity contribution in [1.29, 1.82) is 0 Å². The first kappa shape index (κ1) is 11.4.